The third-order valence-electron chi connectivity index (χ3n) is 7.37. The van der Waals surface area contributed by atoms with Gasteiger partial charge in [0.05, 0.1) is 12.6 Å². The van der Waals surface area contributed by atoms with Crippen molar-refractivity contribution >= 4 is 17.2 Å². The highest BCUT2D eigenvalue weighted by atomic mass is 15.4. The number of nitrogens with zero attached hydrogens (tertiary/aromatic N) is 5. The van der Waals surface area contributed by atoms with Gasteiger partial charge in [-0.25, -0.2) is 0 Å². The summed E-state index contributed by atoms with van der Waals surface area (Å²) in [6, 6.07) is 15.5. The molecule has 3 aliphatic heterocycles. The zero-order valence-electron chi connectivity index (χ0n) is 21.5. The molecule has 2 fully saturated rings. The number of piperazine rings is 1. The quantitative estimate of drug-likeness (QED) is 0.692. The Kier molecular flexibility index (Phi) is 6.93. The highest BCUT2D eigenvalue weighted by Gasteiger charge is 2.36. The summed E-state index contributed by atoms with van der Waals surface area (Å²) in [5, 5.41) is 3.75. The molecule has 0 radical (unpaired) electrons. The molecule has 0 aliphatic carbocycles. The predicted molar refractivity (Wildman–Crippen MR) is 147 cm³/mol. The van der Waals surface area contributed by atoms with Crippen molar-refractivity contribution in [1.82, 2.24) is 15.1 Å². The van der Waals surface area contributed by atoms with Gasteiger partial charge in [0.2, 0.25) is 0 Å². The summed E-state index contributed by atoms with van der Waals surface area (Å²) in [5.74, 6) is 1.11. The lowest BCUT2D eigenvalue weighted by atomic mass is 10.1. The van der Waals surface area contributed by atoms with Gasteiger partial charge in [-0.2, -0.15) is 0 Å². The maximum Gasteiger partial charge on any atom is 0.127 e. The Morgan fingerprint density at radius 3 is 2.34 bits per heavy atom. The molecule has 6 heteroatoms. The summed E-state index contributed by atoms with van der Waals surface area (Å²) >= 11 is 0. The smallest absolute Gasteiger partial charge is 0.127 e. The molecule has 0 saturated carbocycles. The fourth-order valence-electron chi connectivity index (χ4n) is 5.44. The Hall–Kier alpha value is -3.09. The van der Waals surface area contributed by atoms with Crippen LogP contribution in [0.3, 0.4) is 0 Å². The van der Waals surface area contributed by atoms with Crippen LogP contribution in [0.5, 0.6) is 0 Å². The number of para-hydroxylation sites is 1. The van der Waals surface area contributed by atoms with Gasteiger partial charge in [-0.15, -0.1) is 0 Å². The van der Waals surface area contributed by atoms with Crippen molar-refractivity contribution in [3.05, 3.63) is 83.6 Å². The van der Waals surface area contributed by atoms with E-state index >= 15 is 0 Å². The van der Waals surface area contributed by atoms with Crippen molar-refractivity contribution in [1.29, 1.82) is 0 Å². The lowest BCUT2D eigenvalue weighted by Gasteiger charge is -2.37. The molecule has 2 saturated heterocycles. The molecule has 0 amide bonds. The van der Waals surface area contributed by atoms with Crippen molar-refractivity contribution in [3.8, 4) is 0 Å². The van der Waals surface area contributed by atoms with Crippen LogP contribution < -0.4 is 15.1 Å². The molecule has 0 aromatic heterocycles. The number of aliphatic imine (C=N–C) groups is 1. The Bertz CT molecular complexity index is 1090. The summed E-state index contributed by atoms with van der Waals surface area (Å²) in [5.41, 5.74) is 6.64. The second-order valence-electron chi connectivity index (χ2n) is 9.97. The van der Waals surface area contributed by atoms with Gasteiger partial charge in [-0.1, -0.05) is 36.4 Å². The van der Waals surface area contributed by atoms with Gasteiger partial charge in [0, 0.05) is 64.4 Å². The van der Waals surface area contributed by atoms with Crippen molar-refractivity contribution in [2.24, 2.45) is 4.99 Å². The number of amidine groups is 1. The van der Waals surface area contributed by atoms with Crippen LogP contribution in [0.2, 0.25) is 0 Å². The lowest BCUT2D eigenvalue weighted by molar-refractivity contribution is 0.264. The van der Waals surface area contributed by atoms with E-state index in [2.05, 4.69) is 120 Å². The Morgan fingerprint density at radius 2 is 1.66 bits per heavy atom. The molecule has 6 nitrogen and oxygen atoms in total. The molecular formula is C29H38N6. The zero-order chi connectivity index (χ0) is 24.4. The molecule has 184 valence electrons. The molecule has 3 aliphatic rings. The van der Waals surface area contributed by atoms with Crippen LogP contribution in [0.25, 0.3) is 0 Å². The Balaban J connectivity index is 1.24. The molecule has 1 N–H and O–H groups in total. The van der Waals surface area contributed by atoms with Gasteiger partial charge < -0.3 is 14.7 Å². The summed E-state index contributed by atoms with van der Waals surface area (Å²) < 4.78 is 0. The second-order valence-corrected chi connectivity index (χ2v) is 9.97. The fourth-order valence-corrected chi connectivity index (χ4v) is 5.44. The number of fused-ring (bicyclic) bond motifs is 1. The largest absolute Gasteiger partial charge is 0.378 e. The molecular weight excluding hydrogens is 432 g/mol. The third-order valence-corrected chi connectivity index (χ3v) is 7.37. The highest BCUT2D eigenvalue weighted by molar-refractivity contribution is 5.92. The first-order valence-corrected chi connectivity index (χ1v) is 12.8. The van der Waals surface area contributed by atoms with Crippen LogP contribution in [0, 0.1) is 13.8 Å². The van der Waals surface area contributed by atoms with Gasteiger partial charge in [-0.3, -0.25) is 15.2 Å². The van der Waals surface area contributed by atoms with Crippen molar-refractivity contribution in [3.63, 3.8) is 0 Å². The van der Waals surface area contributed by atoms with E-state index in [0.717, 1.165) is 45.1 Å². The van der Waals surface area contributed by atoms with Crippen LogP contribution in [0.1, 0.15) is 22.7 Å². The van der Waals surface area contributed by atoms with Gasteiger partial charge in [0.25, 0.3) is 0 Å². The first-order chi connectivity index (χ1) is 17.0. The number of benzene rings is 2. The molecule has 2 atom stereocenters. The zero-order valence-corrected chi connectivity index (χ0v) is 21.5. The van der Waals surface area contributed by atoms with Gasteiger partial charge >= 0.3 is 0 Å². The topological polar surface area (TPSA) is 37.4 Å². The molecule has 5 rings (SSSR count). The lowest BCUT2D eigenvalue weighted by Crippen LogP contribution is -2.47. The monoisotopic (exact) mass is 470 g/mol. The number of allylic oxidation sites excluding steroid dienone is 2. The van der Waals surface area contributed by atoms with Gasteiger partial charge in [0.1, 0.15) is 12.0 Å². The van der Waals surface area contributed by atoms with Crippen molar-refractivity contribution < 1.29 is 0 Å². The standard InChI is InChI=1S/C29H38N6/c1-22-8-7-9-23(2)28(22)34-20-18-33(19-21-34)17-15-30-29-27(31-26-10-5-6-16-35(26)29)24-11-13-25(14-12-24)32(3)4/h5-14,16,26-27,31H,15,17-21H2,1-4H3. The van der Waals surface area contributed by atoms with Crippen LogP contribution in [0.15, 0.2) is 71.9 Å². The Labute approximate surface area is 210 Å². The van der Waals surface area contributed by atoms with Crippen molar-refractivity contribution in [2.75, 3.05) is 63.2 Å². The van der Waals surface area contributed by atoms with E-state index < -0.39 is 0 Å². The molecule has 2 unspecified atom stereocenters. The minimum atomic E-state index is 0.101. The minimum Gasteiger partial charge on any atom is -0.378 e. The van der Waals surface area contributed by atoms with E-state index in [9.17, 15) is 0 Å². The van der Waals surface area contributed by atoms with Crippen LogP contribution >= 0.6 is 0 Å². The number of anilines is 2. The normalized spacial score (nSPS) is 23.3. The Morgan fingerprint density at radius 1 is 0.943 bits per heavy atom. The summed E-state index contributed by atoms with van der Waals surface area (Å²) in [7, 11) is 4.15. The molecule has 0 bridgehead atoms. The van der Waals surface area contributed by atoms with Gasteiger partial charge in [-0.05, 0) is 54.8 Å². The fraction of sp³-hybridized carbons (Fsp3) is 0.414. The number of hydrogen-bond acceptors (Lipinski definition) is 5. The number of nitrogens with one attached hydrogen (secondary N) is 1. The van der Waals surface area contributed by atoms with Crippen LogP contribution in [-0.4, -0.2) is 75.2 Å². The average Bonchev–Trinajstić information content (AvgIpc) is 3.23. The summed E-state index contributed by atoms with van der Waals surface area (Å²) in [6.07, 6.45) is 8.72. The molecule has 35 heavy (non-hydrogen) atoms. The maximum absolute atomic E-state index is 5.15. The van der Waals surface area contributed by atoms with E-state index in [1.807, 2.05) is 0 Å². The van der Waals surface area contributed by atoms with Crippen LogP contribution in [0.4, 0.5) is 11.4 Å². The van der Waals surface area contributed by atoms with Gasteiger partial charge in [0.15, 0.2) is 0 Å². The van der Waals surface area contributed by atoms with E-state index in [4.69, 9.17) is 4.99 Å². The summed E-state index contributed by atoms with van der Waals surface area (Å²) in [6.45, 7) is 10.6. The van der Waals surface area contributed by atoms with E-state index in [1.165, 1.54) is 28.1 Å². The SMILES string of the molecule is Cc1cccc(C)c1N1CCN(CCN=C2C(c3ccc(N(C)C)cc3)NC3C=CC=CN23)CC1. The molecule has 3 heterocycles. The maximum atomic E-state index is 5.15. The highest BCUT2D eigenvalue weighted by Crippen LogP contribution is 2.29. The van der Waals surface area contributed by atoms with E-state index in [-0.39, 0.29) is 12.2 Å². The van der Waals surface area contributed by atoms with Crippen molar-refractivity contribution in [2.45, 2.75) is 26.1 Å². The molecule has 2 aromatic rings. The average molecular weight is 471 g/mol. The third kappa shape index (κ3) is 5.00. The number of rotatable bonds is 6. The first kappa shape index (κ1) is 23.6. The molecule has 0 spiro atoms. The van der Waals surface area contributed by atoms with E-state index in [1.54, 1.807) is 0 Å². The number of hydrogen-bond donors (Lipinski definition) is 1. The molecule has 2 aromatic carbocycles. The van der Waals surface area contributed by atoms with E-state index in [0.29, 0.717) is 0 Å². The predicted octanol–water partition coefficient (Wildman–Crippen LogP) is 3.95. The summed E-state index contributed by atoms with van der Waals surface area (Å²) in [4.78, 5) is 14.7. The minimum absolute atomic E-state index is 0.101. The van der Waals surface area contributed by atoms with Crippen LogP contribution in [-0.2, 0) is 0 Å². The number of aryl methyl sites for hydroxylation is 2. The second kappa shape index (κ2) is 10.3. The first-order valence-electron chi connectivity index (χ1n) is 12.8.